The van der Waals surface area contributed by atoms with Gasteiger partial charge in [-0.3, -0.25) is 14.5 Å². The van der Waals surface area contributed by atoms with Gasteiger partial charge in [-0.15, -0.1) is 0 Å². The number of benzene rings is 3. The number of amides is 2. The van der Waals surface area contributed by atoms with E-state index >= 15 is 0 Å². The molecule has 0 spiro atoms. The molecule has 4 rings (SSSR count). The van der Waals surface area contributed by atoms with E-state index < -0.39 is 17.0 Å². The zero-order valence-corrected chi connectivity index (χ0v) is 24.4. The summed E-state index contributed by atoms with van der Waals surface area (Å²) in [6.45, 7) is 9.18. The van der Waals surface area contributed by atoms with Crippen molar-refractivity contribution in [2.45, 2.75) is 39.7 Å². The van der Waals surface area contributed by atoms with Gasteiger partial charge in [-0.1, -0.05) is 56.6 Å². The number of thioether (sulfide) groups is 1. The minimum atomic E-state index is -0.573. The Kier molecular flexibility index (Phi) is 9.43. The normalized spacial score (nSPS) is 14.7. The van der Waals surface area contributed by atoms with Crippen molar-refractivity contribution in [1.29, 1.82) is 0 Å². The molecule has 1 heterocycles. The molecule has 0 atom stereocenters. The smallest absolute Gasteiger partial charge is 0.293 e. The molecule has 210 valence electrons. The number of halogens is 2. The van der Waals surface area contributed by atoms with Gasteiger partial charge in [-0.05, 0) is 77.7 Å². The van der Waals surface area contributed by atoms with E-state index in [1.165, 1.54) is 23.8 Å². The highest BCUT2D eigenvalue weighted by Gasteiger charge is 2.36. The summed E-state index contributed by atoms with van der Waals surface area (Å²) in [5.74, 6) is 0.718. The van der Waals surface area contributed by atoms with Gasteiger partial charge in [0, 0.05) is 10.6 Å². The van der Waals surface area contributed by atoms with Crippen LogP contribution in [0.25, 0.3) is 6.08 Å². The number of carbonyl (C=O) groups is 2. The zero-order valence-electron chi connectivity index (χ0n) is 22.8. The number of rotatable bonds is 10. The number of nitrogens with zero attached hydrogens (tertiary/aromatic N) is 1. The molecule has 0 bridgehead atoms. The first-order chi connectivity index (χ1) is 19.1. The van der Waals surface area contributed by atoms with Gasteiger partial charge in [0.1, 0.15) is 24.8 Å². The van der Waals surface area contributed by atoms with Crippen molar-refractivity contribution in [3.05, 3.63) is 93.1 Å². The second-order valence-electron chi connectivity index (χ2n) is 10.1. The zero-order chi connectivity index (χ0) is 28.9. The van der Waals surface area contributed by atoms with Crippen LogP contribution in [0, 0.1) is 5.82 Å². The molecular weight excluding hydrogens is 553 g/mol. The maximum absolute atomic E-state index is 14.2. The summed E-state index contributed by atoms with van der Waals surface area (Å²) in [5, 5.41) is -0.336. The van der Waals surface area contributed by atoms with Crippen LogP contribution in [-0.4, -0.2) is 35.9 Å². The monoisotopic (exact) mass is 583 g/mol. The molecule has 0 aliphatic carbocycles. The van der Waals surface area contributed by atoms with Crippen LogP contribution in [0.2, 0.25) is 5.02 Å². The van der Waals surface area contributed by atoms with E-state index in [9.17, 15) is 14.0 Å². The highest BCUT2D eigenvalue weighted by atomic mass is 35.5. The summed E-state index contributed by atoms with van der Waals surface area (Å²) in [4.78, 5) is 26.7. The first kappa shape index (κ1) is 29.5. The average molecular weight is 584 g/mol. The lowest BCUT2D eigenvalue weighted by atomic mass is 9.87. The molecule has 0 N–H and O–H groups in total. The van der Waals surface area contributed by atoms with Crippen LogP contribution < -0.4 is 14.2 Å². The second-order valence-corrected chi connectivity index (χ2v) is 11.5. The van der Waals surface area contributed by atoms with Crippen LogP contribution in [0.4, 0.5) is 9.18 Å². The van der Waals surface area contributed by atoms with E-state index in [4.69, 9.17) is 25.8 Å². The van der Waals surface area contributed by atoms with E-state index in [2.05, 4.69) is 32.9 Å². The van der Waals surface area contributed by atoms with Gasteiger partial charge < -0.3 is 14.2 Å². The van der Waals surface area contributed by atoms with Crippen molar-refractivity contribution >= 4 is 40.6 Å². The van der Waals surface area contributed by atoms with Crippen molar-refractivity contribution in [3.8, 4) is 17.2 Å². The molecule has 1 fully saturated rings. The Bertz CT molecular complexity index is 1400. The summed E-state index contributed by atoms with van der Waals surface area (Å²) >= 11 is 6.88. The van der Waals surface area contributed by atoms with Gasteiger partial charge in [-0.25, -0.2) is 4.39 Å². The quantitative estimate of drug-likeness (QED) is 0.179. The molecule has 2 amide bonds. The lowest BCUT2D eigenvalue weighted by molar-refractivity contribution is -0.123. The molecule has 1 aliphatic heterocycles. The molecule has 0 aromatic heterocycles. The fraction of sp³-hybridized carbons (Fsp3) is 0.290. The van der Waals surface area contributed by atoms with E-state index in [0.717, 1.165) is 22.4 Å². The Morgan fingerprint density at radius 3 is 2.35 bits per heavy atom. The molecule has 9 heteroatoms. The van der Waals surface area contributed by atoms with Crippen molar-refractivity contribution in [3.63, 3.8) is 0 Å². The number of carbonyl (C=O) groups excluding carboxylic acids is 2. The van der Waals surface area contributed by atoms with Crippen LogP contribution in [0.3, 0.4) is 0 Å². The maximum Gasteiger partial charge on any atom is 0.293 e. The highest BCUT2D eigenvalue weighted by Crippen LogP contribution is 2.36. The Labute approximate surface area is 243 Å². The van der Waals surface area contributed by atoms with E-state index in [-0.39, 0.29) is 27.5 Å². The maximum atomic E-state index is 14.2. The fourth-order valence-corrected chi connectivity index (χ4v) is 5.05. The molecule has 1 saturated heterocycles. The van der Waals surface area contributed by atoms with E-state index in [1.807, 2.05) is 19.1 Å². The molecule has 6 nitrogen and oxygen atoms in total. The minimum absolute atomic E-state index is 0.0773. The van der Waals surface area contributed by atoms with Gasteiger partial charge >= 0.3 is 0 Å². The first-order valence-corrected chi connectivity index (χ1v) is 14.1. The largest absolute Gasteiger partial charge is 0.490 e. The molecule has 0 unspecified atom stereocenters. The van der Waals surface area contributed by atoms with Crippen LogP contribution >= 0.6 is 23.4 Å². The third-order valence-corrected chi connectivity index (χ3v) is 7.41. The lowest BCUT2D eigenvalue weighted by Gasteiger charge is -2.19. The van der Waals surface area contributed by atoms with Gasteiger partial charge in [-0.2, -0.15) is 0 Å². The van der Waals surface area contributed by atoms with E-state index in [0.29, 0.717) is 36.9 Å². The molecule has 1 aliphatic rings. The first-order valence-electron chi connectivity index (χ1n) is 12.9. The summed E-state index contributed by atoms with van der Waals surface area (Å²) in [6, 6.07) is 17.5. The molecule has 40 heavy (non-hydrogen) atoms. The topological polar surface area (TPSA) is 65.1 Å². The minimum Gasteiger partial charge on any atom is -0.490 e. The average Bonchev–Trinajstić information content (AvgIpc) is 3.16. The fourth-order valence-electron chi connectivity index (χ4n) is 3.99. The number of hydrogen-bond donors (Lipinski definition) is 0. The van der Waals surface area contributed by atoms with E-state index in [1.54, 1.807) is 24.3 Å². The third kappa shape index (κ3) is 7.17. The lowest BCUT2D eigenvalue weighted by Crippen LogP contribution is -2.28. The molecule has 3 aromatic rings. The number of hydrogen-bond acceptors (Lipinski definition) is 6. The van der Waals surface area contributed by atoms with Gasteiger partial charge in [0.05, 0.1) is 18.1 Å². The van der Waals surface area contributed by atoms with Gasteiger partial charge in [0.2, 0.25) is 0 Å². The van der Waals surface area contributed by atoms with Crippen molar-refractivity contribution < 1.29 is 28.2 Å². The summed E-state index contributed by atoms with van der Waals surface area (Å²) in [6.07, 6.45) is 1.60. The standard InChI is InChI=1S/C31H31ClFNO5S/c1-5-37-27-17-20(9-14-26(27)39-16-15-38-22-12-10-21(11-13-22)31(2,3)4)18-28-29(35)34(30(36)40-28)19-23-24(32)7-6-8-25(23)33/h6-14,17-18H,5,15-16,19H2,1-4H3/b28-18-. The third-order valence-electron chi connectivity index (χ3n) is 6.15. The van der Waals surface area contributed by atoms with Crippen molar-refractivity contribution in [2.24, 2.45) is 0 Å². The SMILES string of the molecule is CCOc1cc(/C=C2\SC(=O)N(Cc3c(F)cccc3Cl)C2=O)ccc1OCCOc1ccc(C(C)(C)C)cc1. The summed E-state index contributed by atoms with van der Waals surface area (Å²) in [5.41, 5.74) is 2.06. The Hall–Kier alpha value is -3.49. The van der Waals surface area contributed by atoms with Gasteiger partial charge in [0.25, 0.3) is 11.1 Å². The van der Waals surface area contributed by atoms with Crippen LogP contribution in [0.15, 0.2) is 65.6 Å². The summed E-state index contributed by atoms with van der Waals surface area (Å²) in [7, 11) is 0. The Morgan fingerprint density at radius 1 is 0.950 bits per heavy atom. The predicted molar refractivity (Wildman–Crippen MR) is 157 cm³/mol. The Balaban J connectivity index is 1.40. The van der Waals surface area contributed by atoms with Crippen LogP contribution in [0.1, 0.15) is 44.4 Å². The highest BCUT2D eigenvalue weighted by molar-refractivity contribution is 8.18. The molecule has 0 radical (unpaired) electrons. The summed E-state index contributed by atoms with van der Waals surface area (Å²) < 4.78 is 31.7. The molecular formula is C31H31ClFNO5S. The van der Waals surface area contributed by atoms with Crippen LogP contribution in [-0.2, 0) is 16.8 Å². The molecule has 0 saturated carbocycles. The number of ether oxygens (including phenoxy) is 3. The van der Waals surface area contributed by atoms with Crippen LogP contribution in [0.5, 0.6) is 17.2 Å². The van der Waals surface area contributed by atoms with Crippen molar-refractivity contribution in [1.82, 2.24) is 4.90 Å². The molecule has 3 aromatic carbocycles. The predicted octanol–water partition coefficient (Wildman–Crippen LogP) is 7.87. The number of imide groups is 1. The second kappa shape index (κ2) is 12.8. The van der Waals surface area contributed by atoms with Crippen molar-refractivity contribution in [2.75, 3.05) is 19.8 Å². The Morgan fingerprint density at radius 2 is 1.68 bits per heavy atom. The van der Waals surface area contributed by atoms with Gasteiger partial charge in [0.15, 0.2) is 11.5 Å².